The molecule has 0 aliphatic carbocycles. The Morgan fingerprint density at radius 2 is 1.67 bits per heavy atom. The van der Waals surface area contributed by atoms with Gasteiger partial charge in [-0.1, -0.05) is 54.1 Å². The molecule has 4 heteroatoms. The first kappa shape index (κ1) is 15.5. The Kier molecular flexibility index (Phi) is 5.78. The van der Waals surface area contributed by atoms with Gasteiger partial charge in [-0.15, -0.1) is 0 Å². The first-order valence-electron chi connectivity index (χ1n) is 6.78. The third kappa shape index (κ3) is 4.59. The first-order chi connectivity index (χ1) is 10.2. The highest BCUT2D eigenvalue weighted by atomic mass is 35.5. The Balaban J connectivity index is 2.18. The molecular weight excluding hydrogens is 288 g/mol. The van der Waals surface area contributed by atoms with Gasteiger partial charge in [0.2, 0.25) is 0 Å². The van der Waals surface area contributed by atoms with Crippen LogP contribution in [0.3, 0.4) is 0 Å². The van der Waals surface area contributed by atoms with Crippen molar-refractivity contribution in [2.24, 2.45) is 0 Å². The van der Waals surface area contributed by atoms with Gasteiger partial charge < -0.3 is 9.47 Å². The van der Waals surface area contributed by atoms with Gasteiger partial charge in [0.1, 0.15) is 12.7 Å². The van der Waals surface area contributed by atoms with Gasteiger partial charge in [-0.25, -0.2) is 4.79 Å². The van der Waals surface area contributed by atoms with Gasteiger partial charge in [0.25, 0.3) is 0 Å². The first-order valence-corrected chi connectivity index (χ1v) is 7.16. The van der Waals surface area contributed by atoms with Crippen LogP contribution >= 0.6 is 11.6 Å². The standard InChI is InChI=1S/C17H17ClO3/c1-2-20-16(19)12-21-17(13-6-4-3-5-7-13)14-8-10-15(18)11-9-14/h3-11,17H,2,12H2,1H3. The van der Waals surface area contributed by atoms with Crippen molar-refractivity contribution < 1.29 is 14.3 Å². The van der Waals surface area contributed by atoms with Gasteiger partial charge in [-0.05, 0) is 30.2 Å². The van der Waals surface area contributed by atoms with Crippen LogP contribution in [0.5, 0.6) is 0 Å². The van der Waals surface area contributed by atoms with Crippen LogP contribution in [0.15, 0.2) is 54.6 Å². The Hall–Kier alpha value is -1.84. The number of carbonyl (C=O) groups excluding carboxylic acids is 1. The fourth-order valence-corrected chi connectivity index (χ4v) is 2.13. The van der Waals surface area contributed by atoms with Gasteiger partial charge in [-0.3, -0.25) is 0 Å². The zero-order valence-electron chi connectivity index (χ0n) is 11.8. The van der Waals surface area contributed by atoms with Crippen LogP contribution in [0.25, 0.3) is 0 Å². The smallest absolute Gasteiger partial charge is 0.332 e. The maximum atomic E-state index is 11.5. The van der Waals surface area contributed by atoms with E-state index < -0.39 is 0 Å². The van der Waals surface area contributed by atoms with Crippen LogP contribution in [-0.2, 0) is 14.3 Å². The van der Waals surface area contributed by atoms with Crippen molar-refractivity contribution in [2.45, 2.75) is 13.0 Å². The van der Waals surface area contributed by atoms with Crippen LogP contribution in [-0.4, -0.2) is 19.2 Å². The quantitative estimate of drug-likeness (QED) is 0.756. The number of benzene rings is 2. The van der Waals surface area contributed by atoms with E-state index >= 15 is 0 Å². The molecule has 1 atom stereocenters. The Labute approximate surface area is 129 Å². The number of rotatable bonds is 6. The van der Waals surface area contributed by atoms with Crippen molar-refractivity contribution in [1.82, 2.24) is 0 Å². The fourth-order valence-electron chi connectivity index (χ4n) is 2.00. The highest BCUT2D eigenvalue weighted by Gasteiger charge is 2.16. The molecule has 0 aromatic heterocycles. The zero-order chi connectivity index (χ0) is 15.1. The number of esters is 1. The second kappa shape index (κ2) is 7.81. The lowest BCUT2D eigenvalue weighted by Crippen LogP contribution is -2.16. The summed E-state index contributed by atoms with van der Waals surface area (Å²) >= 11 is 5.92. The van der Waals surface area contributed by atoms with Crippen molar-refractivity contribution in [1.29, 1.82) is 0 Å². The number of hydrogen-bond donors (Lipinski definition) is 0. The third-order valence-electron chi connectivity index (χ3n) is 2.95. The Morgan fingerprint density at radius 3 is 2.29 bits per heavy atom. The minimum Gasteiger partial charge on any atom is -0.464 e. The molecule has 0 bridgehead atoms. The van der Waals surface area contributed by atoms with E-state index in [9.17, 15) is 4.79 Å². The minimum absolute atomic E-state index is 0.0873. The van der Waals surface area contributed by atoms with Crippen molar-refractivity contribution in [3.05, 3.63) is 70.7 Å². The average molecular weight is 305 g/mol. The SMILES string of the molecule is CCOC(=O)COC(c1ccccc1)c1ccc(Cl)cc1. The summed E-state index contributed by atoms with van der Waals surface area (Å²) in [6.07, 6.45) is -0.326. The maximum absolute atomic E-state index is 11.5. The van der Waals surface area contributed by atoms with Crippen molar-refractivity contribution >= 4 is 17.6 Å². The maximum Gasteiger partial charge on any atom is 0.332 e. The van der Waals surface area contributed by atoms with Gasteiger partial charge in [0.05, 0.1) is 6.61 Å². The second-order valence-corrected chi connectivity index (χ2v) is 4.89. The van der Waals surface area contributed by atoms with Gasteiger partial charge in [-0.2, -0.15) is 0 Å². The lowest BCUT2D eigenvalue weighted by molar-refractivity contribution is -0.149. The summed E-state index contributed by atoms with van der Waals surface area (Å²) in [7, 11) is 0. The summed E-state index contributed by atoms with van der Waals surface area (Å²) in [4.78, 5) is 11.5. The zero-order valence-corrected chi connectivity index (χ0v) is 12.5. The lowest BCUT2D eigenvalue weighted by Gasteiger charge is -2.18. The fraction of sp³-hybridized carbons (Fsp3) is 0.235. The van der Waals surface area contributed by atoms with E-state index in [0.29, 0.717) is 11.6 Å². The van der Waals surface area contributed by atoms with Crippen molar-refractivity contribution in [2.75, 3.05) is 13.2 Å². The largest absolute Gasteiger partial charge is 0.464 e. The normalized spacial score (nSPS) is 11.9. The second-order valence-electron chi connectivity index (χ2n) is 4.46. The van der Waals surface area contributed by atoms with E-state index in [0.717, 1.165) is 11.1 Å². The number of halogens is 1. The van der Waals surface area contributed by atoms with Crippen LogP contribution in [0.4, 0.5) is 0 Å². The molecule has 3 nitrogen and oxygen atoms in total. The van der Waals surface area contributed by atoms with Crippen LogP contribution < -0.4 is 0 Å². The molecule has 2 aromatic rings. The molecule has 0 N–H and O–H groups in total. The summed E-state index contributed by atoms with van der Waals surface area (Å²) in [6, 6.07) is 17.1. The molecule has 21 heavy (non-hydrogen) atoms. The molecule has 0 amide bonds. The molecule has 0 heterocycles. The number of ether oxygens (including phenoxy) is 2. The van der Waals surface area contributed by atoms with Crippen LogP contribution in [0, 0.1) is 0 Å². The Morgan fingerprint density at radius 1 is 1.05 bits per heavy atom. The molecule has 110 valence electrons. The van der Waals surface area contributed by atoms with E-state index in [1.807, 2.05) is 42.5 Å². The van der Waals surface area contributed by atoms with Crippen LogP contribution in [0.2, 0.25) is 5.02 Å². The lowest BCUT2D eigenvalue weighted by atomic mass is 10.0. The molecule has 0 aliphatic rings. The van der Waals surface area contributed by atoms with Gasteiger partial charge >= 0.3 is 5.97 Å². The molecule has 0 spiro atoms. The summed E-state index contributed by atoms with van der Waals surface area (Å²) in [5.74, 6) is -0.368. The topological polar surface area (TPSA) is 35.5 Å². The van der Waals surface area contributed by atoms with E-state index in [4.69, 9.17) is 21.1 Å². The summed E-state index contributed by atoms with van der Waals surface area (Å²) in [5.41, 5.74) is 1.92. The number of carbonyl (C=O) groups is 1. The third-order valence-corrected chi connectivity index (χ3v) is 3.20. The van der Waals surface area contributed by atoms with Gasteiger partial charge in [0, 0.05) is 5.02 Å². The minimum atomic E-state index is -0.368. The molecule has 0 saturated carbocycles. The van der Waals surface area contributed by atoms with Gasteiger partial charge in [0.15, 0.2) is 0 Å². The van der Waals surface area contributed by atoms with Crippen molar-refractivity contribution in [3.8, 4) is 0 Å². The molecule has 0 aliphatic heterocycles. The molecule has 0 radical (unpaired) electrons. The van der Waals surface area contributed by atoms with E-state index in [2.05, 4.69) is 0 Å². The number of hydrogen-bond acceptors (Lipinski definition) is 3. The molecule has 1 unspecified atom stereocenters. The monoisotopic (exact) mass is 304 g/mol. The Bertz CT molecular complexity index is 566. The molecule has 0 fully saturated rings. The highest BCUT2D eigenvalue weighted by Crippen LogP contribution is 2.27. The van der Waals surface area contributed by atoms with Crippen LogP contribution in [0.1, 0.15) is 24.2 Å². The predicted octanol–water partition coefficient (Wildman–Crippen LogP) is 4.01. The van der Waals surface area contributed by atoms with E-state index in [1.54, 1.807) is 19.1 Å². The molecule has 2 rings (SSSR count). The molecular formula is C17H17ClO3. The van der Waals surface area contributed by atoms with Crippen molar-refractivity contribution in [3.63, 3.8) is 0 Å². The summed E-state index contributed by atoms with van der Waals surface area (Å²) in [6.45, 7) is 2.03. The van der Waals surface area contributed by atoms with E-state index in [-0.39, 0.29) is 18.7 Å². The predicted molar refractivity (Wildman–Crippen MR) is 82.3 cm³/mol. The average Bonchev–Trinajstić information content (AvgIpc) is 2.50. The summed E-state index contributed by atoms with van der Waals surface area (Å²) in [5, 5.41) is 0.663. The summed E-state index contributed by atoms with van der Waals surface area (Å²) < 4.78 is 10.6. The molecule has 2 aromatic carbocycles. The molecule has 0 saturated heterocycles. The highest BCUT2D eigenvalue weighted by molar-refractivity contribution is 6.30. The van der Waals surface area contributed by atoms with E-state index in [1.165, 1.54) is 0 Å².